The highest BCUT2D eigenvalue weighted by molar-refractivity contribution is 5.14. The average molecular weight is 266 g/mol. The Labute approximate surface area is 116 Å². The van der Waals surface area contributed by atoms with Gasteiger partial charge in [0.2, 0.25) is 0 Å². The molecule has 0 saturated carbocycles. The molecule has 0 N–H and O–H groups in total. The number of pyridine rings is 2. The summed E-state index contributed by atoms with van der Waals surface area (Å²) in [5, 5.41) is 11.3. The van der Waals surface area contributed by atoms with Gasteiger partial charge in [-0.2, -0.15) is 0 Å². The fraction of sp³-hybridized carbons (Fsp3) is 0.214. The maximum atomic E-state index is 4.45. The van der Waals surface area contributed by atoms with Crippen LogP contribution in [0, 0.1) is 0 Å². The molecular weight excluding hydrogens is 252 g/mol. The number of aromatic nitrogens is 6. The molecule has 3 aromatic rings. The summed E-state index contributed by atoms with van der Waals surface area (Å²) >= 11 is 0. The van der Waals surface area contributed by atoms with Crippen LogP contribution in [0.5, 0.6) is 0 Å². The van der Waals surface area contributed by atoms with Crippen molar-refractivity contribution in [3.05, 3.63) is 66.5 Å². The Morgan fingerprint density at radius 2 is 1.85 bits per heavy atom. The zero-order valence-electron chi connectivity index (χ0n) is 10.9. The Kier molecular flexibility index (Phi) is 3.73. The zero-order valence-corrected chi connectivity index (χ0v) is 10.9. The van der Waals surface area contributed by atoms with Crippen molar-refractivity contribution < 1.29 is 0 Å². The summed E-state index contributed by atoms with van der Waals surface area (Å²) in [6.45, 7) is 0.681. The number of rotatable bonds is 5. The smallest absolute Gasteiger partial charge is 0.138 e. The predicted molar refractivity (Wildman–Crippen MR) is 72.7 cm³/mol. The maximum absolute atomic E-state index is 4.45. The molecule has 0 aliphatic heterocycles. The molecule has 0 spiro atoms. The third kappa shape index (κ3) is 3.03. The van der Waals surface area contributed by atoms with Crippen molar-refractivity contribution >= 4 is 0 Å². The molecule has 1 unspecified atom stereocenters. The third-order valence-electron chi connectivity index (χ3n) is 3.09. The van der Waals surface area contributed by atoms with Crippen LogP contribution < -0.4 is 0 Å². The normalized spacial score (nSPS) is 12.2. The van der Waals surface area contributed by atoms with E-state index in [1.54, 1.807) is 17.2 Å². The molecule has 0 aliphatic carbocycles. The summed E-state index contributed by atoms with van der Waals surface area (Å²) in [5.74, 6) is 0.189. The quantitative estimate of drug-likeness (QED) is 0.699. The van der Waals surface area contributed by atoms with Crippen molar-refractivity contribution in [1.82, 2.24) is 30.2 Å². The van der Waals surface area contributed by atoms with Gasteiger partial charge in [-0.25, -0.2) is 4.68 Å². The van der Waals surface area contributed by atoms with Gasteiger partial charge in [0.05, 0.1) is 6.54 Å². The van der Waals surface area contributed by atoms with Crippen LogP contribution in [0.3, 0.4) is 0 Å². The lowest BCUT2D eigenvalue weighted by Crippen LogP contribution is -2.14. The number of nitrogens with zero attached hydrogens (tertiary/aromatic N) is 6. The van der Waals surface area contributed by atoms with E-state index >= 15 is 0 Å². The molecule has 0 aromatic carbocycles. The Balaban J connectivity index is 1.83. The summed E-state index contributed by atoms with van der Waals surface area (Å²) in [4.78, 5) is 8.83. The van der Waals surface area contributed by atoms with Crippen LogP contribution in [0.1, 0.15) is 17.3 Å². The van der Waals surface area contributed by atoms with E-state index in [-0.39, 0.29) is 5.92 Å². The minimum Gasteiger partial charge on any atom is -0.261 e. The first-order valence-corrected chi connectivity index (χ1v) is 6.43. The van der Waals surface area contributed by atoms with Gasteiger partial charge >= 0.3 is 0 Å². The molecule has 100 valence electrons. The monoisotopic (exact) mass is 266 g/mol. The summed E-state index contributed by atoms with van der Waals surface area (Å²) in [6, 6.07) is 11.9. The largest absolute Gasteiger partial charge is 0.261 e. The second-order valence-corrected chi connectivity index (χ2v) is 4.51. The zero-order chi connectivity index (χ0) is 13.6. The third-order valence-corrected chi connectivity index (χ3v) is 3.09. The van der Waals surface area contributed by atoms with Gasteiger partial charge in [-0.3, -0.25) is 9.97 Å². The molecule has 6 nitrogen and oxygen atoms in total. The van der Waals surface area contributed by atoms with E-state index in [2.05, 4.69) is 25.5 Å². The molecule has 3 rings (SSSR count). The van der Waals surface area contributed by atoms with Crippen molar-refractivity contribution in [1.29, 1.82) is 0 Å². The van der Waals surface area contributed by atoms with Gasteiger partial charge in [0, 0.05) is 29.7 Å². The van der Waals surface area contributed by atoms with Crippen molar-refractivity contribution in [2.75, 3.05) is 0 Å². The van der Waals surface area contributed by atoms with Gasteiger partial charge < -0.3 is 0 Å². The molecule has 0 bridgehead atoms. The molecule has 3 heterocycles. The number of tetrazole rings is 1. The van der Waals surface area contributed by atoms with Crippen molar-refractivity contribution in [3.8, 4) is 0 Å². The molecule has 20 heavy (non-hydrogen) atoms. The van der Waals surface area contributed by atoms with Crippen LogP contribution in [-0.4, -0.2) is 30.2 Å². The molecule has 0 amide bonds. The van der Waals surface area contributed by atoms with E-state index in [0.717, 1.165) is 17.8 Å². The molecule has 3 aromatic heterocycles. The molecule has 0 radical (unpaired) electrons. The number of hydrogen-bond acceptors (Lipinski definition) is 5. The minimum absolute atomic E-state index is 0.189. The second-order valence-electron chi connectivity index (χ2n) is 4.51. The topological polar surface area (TPSA) is 69.4 Å². The lowest BCUT2D eigenvalue weighted by atomic mass is 9.98. The van der Waals surface area contributed by atoms with Crippen LogP contribution in [0.2, 0.25) is 0 Å². The Morgan fingerprint density at radius 3 is 2.50 bits per heavy atom. The van der Waals surface area contributed by atoms with E-state index in [9.17, 15) is 0 Å². The van der Waals surface area contributed by atoms with Crippen molar-refractivity contribution in [2.45, 2.75) is 18.9 Å². The lowest BCUT2D eigenvalue weighted by Gasteiger charge is -2.15. The van der Waals surface area contributed by atoms with E-state index < -0.39 is 0 Å². The van der Waals surface area contributed by atoms with E-state index in [1.807, 2.05) is 42.6 Å². The van der Waals surface area contributed by atoms with Crippen LogP contribution in [-0.2, 0) is 13.0 Å². The maximum Gasteiger partial charge on any atom is 0.138 e. The average Bonchev–Trinajstić information content (AvgIpc) is 3.02. The highest BCUT2D eigenvalue weighted by Crippen LogP contribution is 2.19. The predicted octanol–water partition coefficient (Wildman–Crippen LogP) is 1.49. The molecule has 6 heteroatoms. The van der Waals surface area contributed by atoms with E-state index in [1.165, 1.54) is 0 Å². The van der Waals surface area contributed by atoms with Crippen molar-refractivity contribution in [2.24, 2.45) is 0 Å². The molecule has 0 fully saturated rings. The first-order valence-electron chi connectivity index (χ1n) is 6.43. The highest BCUT2D eigenvalue weighted by atomic mass is 15.5. The van der Waals surface area contributed by atoms with Gasteiger partial charge in [-0.05, 0) is 41.1 Å². The summed E-state index contributed by atoms with van der Waals surface area (Å²) < 4.78 is 1.72. The van der Waals surface area contributed by atoms with Gasteiger partial charge in [0.25, 0.3) is 0 Å². The molecule has 0 saturated heterocycles. The Bertz CT molecular complexity index is 623. The highest BCUT2D eigenvalue weighted by Gasteiger charge is 2.15. The molecular formula is C14H14N6. The molecule has 1 atom stereocenters. The molecule has 0 aliphatic rings. The van der Waals surface area contributed by atoms with Crippen LogP contribution in [0.15, 0.2) is 55.1 Å². The first-order chi connectivity index (χ1) is 9.92. The van der Waals surface area contributed by atoms with Gasteiger partial charge in [-0.15, -0.1) is 5.10 Å². The van der Waals surface area contributed by atoms with Crippen LogP contribution in [0.25, 0.3) is 0 Å². The van der Waals surface area contributed by atoms with Crippen LogP contribution >= 0.6 is 0 Å². The van der Waals surface area contributed by atoms with Gasteiger partial charge in [0.1, 0.15) is 6.33 Å². The summed E-state index contributed by atoms with van der Waals surface area (Å²) in [7, 11) is 0. The van der Waals surface area contributed by atoms with E-state index in [4.69, 9.17) is 0 Å². The SMILES string of the molecule is c1ccc(CC(Cn2cnnn2)c2ccccn2)nc1. The Morgan fingerprint density at radius 1 is 1.00 bits per heavy atom. The van der Waals surface area contributed by atoms with Crippen molar-refractivity contribution in [3.63, 3.8) is 0 Å². The minimum atomic E-state index is 0.189. The number of hydrogen-bond donors (Lipinski definition) is 0. The second kappa shape index (κ2) is 6.01. The first kappa shape index (κ1) is 12.4. The van der Waals surface area contributed by atoms with E-state index in [0.29, 0.717) is 6.54 Å². The summed E-state index contributed by atoms with van der Waals surface area (Å²) in [6.07, 6.45) is 6.04. The van der Waals surface area contributed by atoms with Gasteiger partial charge in [0.15, 0.2) is 0 Å². The standard InChI is InChI=1S/C14H14N6/c1-3-7-15-13(5-1)9-12(10-20-11-17-18-19-20)14-6-2-4-8-16-14/h1-8,11-12H,9-10H2. The van der Waals surface area contributed by atoms with Crippen LogP contribution in [0.4, 0.5) is 0 Å². The van der Waals surface area contributed by atoms with Gasteiger partial charge in [-0.1, -0.05) is 12.1 Å². The fourth-order valence-electron chi connectivity index (χ4n) is 2.14. The lowest BCUT2D eigenvalue weighted by molar-refractivity contribution is 0.489. The summed E-state index contributed by atoms with van der Waals surface area (Å²) in [5.41, 5.74) is 2.06. The Hall–Kier alpha value is -2.63. The fourth-order valence-corrected chi connectivity index (χ4v) is 2.14.